The molecule has 1 amide bonds. The summed E-state index contributed by atoms with van der Waals surface area (Å²) in [4.78, 5) is 25.2. The number of amides is 1. The van der Waals surface area contributed by atoms with E-state index in [4.69, 9.17) is 4.74 Å². The summed E-state index contributed by atoms with van der Waals surface area (Å²) in [6.07, 6.45) is 1.68. The van der Waals surface area contributed by atoms with Gasteiger partial charge in [-0.2, -0.15) is 0 Å². The SMILES string of the molecule is CC#CC(=O)NCC[N+]12CCC(CC1)[C@@H](OC(=O)C(O)(c1ccccc1)c1ccccc1)C2. The van der Waals surface area contributed by atoms with Crippen LogP contribution in [0.2, 0.25) is 0 Å². The lowest BCUT2D eigenvalue weighted by molar-refractivity contribution is -0.945. The van der Waals surface area contributed by atoms with E-state index in [1.54, 1.807) is 31.2 Å². The molecule has 0 aromatic heterocycles. The highest BCUT2D eigenvalue weighted by Gasteiger charge is 2.50. The quantitative estimate of drug-likeness (QED) is 0.388. The lowest BCUT2D eigenvalue weighted by Crippen LogP contribution is -2.66. The number of hydrogen-bond acceptors (Lipinski definition) is 4. The number of piperidine rings is 3. The molecule has 6 heteroatoms. The van der Waals surface area contributed by atoms with Gasteiger partial charge in [-0.25, -0.2) is 4.79 Å². The standard InChI is InChI=1S/C27H30N2O4/c1-2-9-25(30)28-16-19-29-17-14-21(15-18-29)24(20-29)33-26(31)27(32,22-10-5-3-6-11-22)23-12-7-4-8-13-23/h3-8,10-13,21,24,32H,14-20H2,1H3/p+1/t21?,24-,29?/m0/s1. The highest BCUT2D eigenvalue weighted by molar-refractivity contribution is 5.93. The largest absolute Gasteiger partial charge is 0.453 e. The van der Waals surface area contributed by atoms with Crippen LogP contribution in [0.5, 0.6) is 0 Å². The van der Waals surface area contributed by atoms with E-state index in [1.807, 2.05) is 36.4 Å². The van der Waals surface area contributed by atoms with E-state index in [0.29, 0.717) is 30.1 Å². The van der Waals surface area contributed by atoms with Gasteiger partial charge in [0.2, 0.25) is 5.60 Å². The van der Waals surface area contributed by atoms with Crippen LogP contribution in [-0.4, -0.2) is 60.3 Å². The number of hydrogen-bond donors (Lipinski definition) is 2. The van der Waals surface area contributed by atoms with Crippen molar-refractivity contribution in [2.75, 3.05) is 32.7 Å². The first-order valence-corrected chi connectivity index (χ1v) is 11.6. The second-order valence-corrected chi connectivity index (χ2v) is 9.05. The van der Waals surface area contributed by atoms with Gasteiger partial charge in [-0.3, -0.25) is 4.79 Å². The van der Waals surface area contributed by atoms with Gasteiger partial charge in [0.15, 0.2) is 6.10 Å². The Morgan fingerprint density at radius 1 is 1.06 bits per heavy atom. The maximum Gasteiger partial charge on any atom is 0.348 e. The molecule has 3 heterocycles. The van der Waals surface area contributed by atoms with Gasteiger partial charge in [-0.15, -0.1) is 0 Å². The number of nitrogens with zero attached hydrogens (tertiary/aromatic N) is 1. The summed E-state index contributed by atoms with van der Waals surface area (Å²) in [7, 11) is 0. The van der Waals surface area contributed by atoms with Crippen LogP contribution >= 0.6 is 0 Å². The summed E-state index contributed by atoms with van der Waals surface area (Å²) >= 11 is 0. The molecule has 0 spiro atoms. The van der Waals surface area contributed by atoms with Crippen LogP contribution in [0, 0.1) is 17.8 Å². The fourth-order valence-electron chi connectivity index (χ4n) is 5.22. The summed E-state index contributed by atoms with van der Waals surface area (Å²) in [6.45, 7) is 5.68. The lowest BCUT2D eigenvalue weighted by atomic mass is 9.82. The van der Waals surface area contributed by atoms with Crippen molar-refractivity contribution >= 4 is 11.9 Å². The maximum atomic E-state index is 13.5. The molecule has 2 aromatic carbocycles. The van der Waals surface area contributed by atoms with Gasteiger partial charge in [-0.05, 0) is 24.0 Å². The Kier molecular flexibility index (Phi) is 6.83. The molecule has 33 heavy (non-hydrogen) atoms. The number of nitrogens with one attached hydrogen (secondary N) is 1. The normalized spacial score (nSPS) is 23.8. The molecule has 2 aromatic rings. The van der Waals surface area contributed by atoms with Gasteiger partial charge < -0.3 is 19.6 Å². The predicted molar refractivity (Wildman–Crippen MR) is 125 cm³/mol. The van der Waals surface area contributed by atoms with Gasteiger partial charge in [0.05, 0.1) is 26.2 Å². The van der Waals surface area contributed by atoms with Gasteiger partial charge in [0.1, 0.15) is 6.54 Å². The molecule has 3 fully saturated rings. The lowest BCUT2D eigenvalue weighted by Gasteiger charge is -2.52. The molecule has 1 atom stereocenters. The molecule has 0 aliphatic carbocycles. The monoisotopic (exact) mass is 447 g/mol. The fraction of sp³-hybridized carbons (Fsp3) is 0.407. The summed E-state index contributed by atoms with van der Waals surface area (Å²) in [5.41, 5.74) is -0.885. The van der Waals surface area contributed by atoms with Crippen LogP contribution in [0.1, 0.15) is 30.9 Å². The van der Waals surface area contributed by atoms with E-state index in [0.717, 1.165) is 37.0 Å². The van der Waals surface area contributed by atoms with Crippen molar-refractivity contribution in [1.82, 2.24) is 5.32 Å². The van der Waals surface area contributed by atoms with Gasteiger partial charge >= 0.3 is 5.97 Å². The van der Waals surface area contributed by atoms with Crippen LogP contribution in [0.25, 0.3) is 0 Å². The maximum absolute atomic E-state index is 13.5. The first kappa shape index (κ1) is 23.0. The van der Waals surface area contributed by atoms with E-state index in [-0.39, 0.29) is 12.0 Å². The number of benzene rings is 2. The van der Waals surface area contributed by atoms with Crippen molar-refractivity contribution in [3.05, 3.63) is 71.8 Å². The number of ether oxygens (including phenoxy) is 1. The minimum Gasteiger partial charge on any atom is -0.453 e. The third kappa shape index (κ3) is 4.80. The Morgan fingerprint density at radius 2 is 1.64 bits per heavy atom. The minimum absolute atomic E-state index is 0.259. The fourth-order valence-corrected chi connectivity index (χ4v) is 5.22. The first-order chi connectivity index (χ1) is 16.0. The summed E-state index contributed by atoms with van der Waals surface area (Å²) < 4.78 is 6.88. The molecular weight excluding hydrogens is 416 g/mol. The molecule has 3 saturated heterocycles. The van der Waals surface area contributed by atoms with Crippen molar-refractivity contribution < 1.29 is 23.9 Å². The molecule has 0 radical (unpaired) electrons. The van der Waals surface area contributed by atoms with Gasteiger partial charge in [0.25, 0.3) is 5.91 Å². The highest BCUT2D eigenvalue weighted by Crippen LogP contribution is 2.38. The van der Waals surface area contributed by atoms with E-state index in [9.17, 15) is 14.7 Å². The Balaban J connectivity index is 1.50. The van der Waals surface area contributed by atoms with Crippen LogP contribution < -0.4 is 5.32 Å². The summed E-state index contributed by atoms with van der Waals surface area (Å²) in [6, 6.07) is 17.9. The number of quaternary nitrogens is 1. The molecular formula is C27H31N2O4+. The number of esters is 1. The van der Waals surface area contributed by atoms with Crippen LogP contribution in [0.3, 0.4) is 0 Å². The van der Waals surface area contributed by atoms with Crippen LogP contribution in [0.15, 0.2) is 60.7 Å². The van der Waals surface area contributed by atoms with Crippen molar-refractivity contribution in [3.63, 3.8) is 0 Å². The molecule has 0 unspecified atom stereocenters. The van der Waals surface area contributed by atoms with Crippen LogP contribution in [0.4, 0.5) is 0 Å². The van der Waals surface area contributed by atoms with E-state index < -0.39 is 11.6 Å². The number of rotatable bonds is 7. The molecule has 5 rings (SSSR count). The zero-order chi connectivity index (χ0) is 23.3. The Bertz CT molecular complexity index is 995. The average Bonchev–Trinajstić information content (AvgIpc) is 2.85. The molecule has 2 bridgehead atoms. The first-order valence-electron chi connectivity index (χ1n) is 11.6. The smallest absolute Gasteiger partial charge is 0.348 e. The van der Waals surface area contributed by atoms with Gasteiger partial charge in [-0.1, -0.05) is 66.6 Å². The zero-order valence-corrected chi connectivity index (χ0v) is 19.0. The molecule has 6 nitrogen and oxygen atoms in total. The highest BCUT2D eigenvalue weighted by atomic mass is 16.6. The zero-order valence-electron chi connectivity index (χ0n) is 19.0. The second-order valence-electron chi connectivity index (χ2n) is 9.05. The topological polar surface area (TPSA) is 75.6 Å². The number of carbonyl (C=O) groups excluding carboxylic acids is 2. The molecule has 172 valence electrons. The number of carbonyl (C=O) groups is 2. The van der Waals surface area contributed by atoms with Crippen molar-refractivity contribution in [2.45, 2.75) is 31.5 Å². The minimum atomic E-state index is -1.87. The van der Waals surface area contributed by atoms with Crippen molar-refractivity contribution in [2.24, 2.45) is 5.92 Å². The Morgan fingerprint density at radius 3 is 2.18 bits per heavy atom. The van der Waals surface area contributed by atoms with E-state index in [2.05, 4.69) is 17.2 Å². The summed E-state index contributed by atoms with van der Waals surface area (Å²) in [5, 5.41) is 14.6. The third-order valence-electron chi connectivity index (χ3n) is 7.09. The van der Waals surface area contributed by atoms with Crippen molar-refractivity contribution in [3.8, 4) is 11.8 Å². The van der Waals surface area contributed by atoms with Crippen molar-refractivity contribution in [1.29, 1.82) is 0 Å². The average molecular weight is 448 g/mol. The third-order valence-corrected chi connectivity index (χ3v) is 7.09. The molecule has 3 aliphatic heterocycles. The molecule has 2 N–H and O–H groups in total. The second kappa shape index (κ2) is 9.78. The number of fused-ring (bicyclic) bond motifs is 3. The predicted octanol–water partition coefficient (Wildman–Crippen LogP) is 2.21. The van der Waals surface area contributed by atoms with Crippen LogP contribution in [-0.2, 0) is 19.9 Å². The van der Waals surface area contributed by atoms with E-state index in [1.165, 1.54) is 0 Å². The Hall–Kier alpha value is -3.14. The molecule has 3 aliphatic rings. The van der Waals surface area contributed by atoms with E-state index >= 15 is 0 Å². The summed E-state index contributed by atoms with van der Waals surface area (Å²) in [5.74, 6) is 4.51. The van der Waals surface area contributed by atoms with Gasteiger partial charge in [0, 0.05) is 18.8 Å². The molecule has 0 saturated carbocycles. The number of aliphatic hydroxyl groups is 1. The Labute approximate surface area is 195 Å².